The van der Waals surface area contributed by atoms with Gasteiger partial charge in [0.1, 0.15) is 0 Å². The van der Waals surface area contributed by atoms with Gasteiger partial charge in [-0.15, -0.1) is 25.2 Å². The molecule has 6 N–H and O–H groups in total. The first-order valence-electron chi connectivity index (χ1n) is 9.26. The zero-order valence-corrected chi connectivity index (χ0v) is 18.6. The summed E-state index contributed by atoms with van der Waals surface area (Å²) in [7, 11) is 0. The van der Waals surface area contributed by atoms with Gasteiger partial charge in [0.15, 0.2) is 0 Å². The molecule has 3 heterocycles. The third-order valence-electron chi connectivity index (χ3n) is 4.26. The smallest absolute Gasteiger partial charge is 0.684 e. The number of rotatable bonds is 3. The van der Waals surface area contributed by atoms with Gasteiger partial charge in [0.25, 0.3) is 0 Å². The standard InChI is InChI=1S/2C6H13N2.C6H9N2.Zn/c3*7-5-6-3-1-2-4-8-6;/h2*6H,1-5,7H2;1-4,6H,5,7H2;/q3*-1;+2. The van der Waals surface area contributed by atoms with Crippen LogP contribution in [-0.4, -0.2) is 50.8 Å². The topological polar surface area (TPSA) is 120 Å². The molecule has 0 aliphatic carbocycles. The van der Waals surface area contributed by atoms with E-state index < -0.39 is 0 Å². The molecule has 0 aromatic rings. The second-order valence-electron chi connectivity index (χ2n) is 6.26. The molecule has 0 spiro atoms. The number of nitrogens with two attached hydrogens (primary N) is 3. The van der Waals surface area contributed by atoms with E-state index in [0.717, 1.165) is 26.2 Å². The summed E-state index contributed by atoms with van der Waals surface area (Å²) in [6.07, 6.45) is 15.3. The van der Waals surface area contributed by atoms with Gasteiger partial charge >= 0.3 is 19.5 Å². The summed E-state index contributed by atoms with van der Waals surface area (Å²) in [6, 6.07) is 1.20. The Kier molecular flexibility index (Phi) is 16.9. The maximum absolute atomic E-state index is 5.41. The molecule has 3 aliphatic rings. The Labute approximate surface area is 166 Å². The van der Waals surface area contributed by atoms with Gasteiger partial charge in [0, 0.05) is 0 Å². The zero-order chi connectivity index (χ0) is 17.5. The Balaban J connectivity index is 0.000000339. The van der Waals surface area contributed by atoms with Crippen LogP contribution in [0.1, 0.15) is 38.5 Å². The maximum Gasteiger partial charge on any atom is 2.00 e. The molecule has 3 unspecified atom stereocenters. The minimum Gasteiger partial charge on any atom is -0.684 e. The van der Waals surface area contributed by atoms with Crippen molar-refractivity contribution in [3.8, 4) is 0 Å². The first kappa shape index (κ1) is 24.7. The average molecular weight is 401 g/mol. The van der Waals surface area contributed by atoms with E-state index in [2.05, 4.69) is 16.0 Å². The van der Waals surface area contributed by atoms with Crippen LogP contribution in [0.4, 0.5) is 0 Å². The van der Waals surface area contributed by atoms with Gasteiger partial charge < -0.3 is 33.2 Å². The zero-order valence-electron chi connectivity index (χ0n) is 15.6. The molecule has 6 nitrogen and oxygen atoms in total. The molecule has 0 aromatic carbocycles. The molecule has 140 valence electrons. The summed E-state index contributed by atoms with van der Waals surface area (Å²) < 4.78 is 0. The van der Waals surface area contributed by atoms with Crippen LogP contribution in [0.25, 0.3) is 16.0 Å². The Morgan fingerprint density at radius 1 is 0.760 bits per heavy atom. The first-order chi connectivity index (χ1) is 11.8. The molecule has 7 heteroatoms. The van der Waals surface area contributed by atoms with Crippen molar-refractivity contribution in [1.29, 1.82) is 0 Å². The molecule has 0 bridgehead atoms. The van der Waals surface area contributed by atoms with Gasteiger partial charge in [-0.2, -0.15) is 6.20 Å². The Hall–Kier alpha value is -0.297. The van der Waals surface area contributed by atoms with E-state index in [1.165, 1.54) is 38.5 Å². The summed E-state index contributed by atoms with van der Waals surface area (Å²) in [6.45, 7) is 4.20. The molecular formula is C18H35N6Zn-. The Morgan fingerprint density at radius 3 is 1.56 bits per heavy atom. The van der Waals surface area contributed by atoms with E-state index in [0.29, 0.717) is 18.6 Å². The van der Waals surface area contributed by atoms with E-state index in [1.807, 2.05) is 18.2 Å². The second-order valence-corrected chi connectivity index (χ2v) is 6.26. The van der Waals surface area contributed by atoms with Crippen LogP contribution in [0.15, 0.2) is 24.4 Å². The largest absolute Gasteiger partial charge is 2.00 e. The second kappa shape index (κ2) is 17.1. The Bertz CT molecular complexity index is 320. The van der Waals surface area contributed by atoms with E-state index in [4.69, 9.17) is 17.2 Å². The molecule has 25 heavy (non-hydrogen) atoms. The van der Waals surface area contributed by atoms with Crippen LogP contribution in [-0.2, 0) is 19.5 Å². The van der Waals surface area contributed by atoms with Crippen molar-refractivity contribution in [2.75, 3.05) is 32.7 Å². The third-order valence-corrected chi connectivity index (χ3v) is 4.26. The molecule has 0 saturated carbocycles. The number of hydrogen-bond acceptors (Lipinski definition) is 3. The summed E-state index contributed by atoms with van der Waals surface area (Å²) >= 11 is 0. The van der Waals surface area contributed by atoms with Crippen LogP contribution in [0.2, 0.25) is 0 Å². The fraction of sp³-hybridized carbons (Fsp3) is 0.778. The fourth-order valence-corrected chi connectivity index (χ4v) is 2.69. The van der Waals surface area contributed by atoms with Crippen LogP contribution in [0.3, 0.4) is 0 Å². The van der Waals surface area contributed by atoms with Crippen LogP contribution in [0.5, 0.6) is 0 Å². The van der Waals surface area contributed by atoms with Crippen molar-refractivity contribution in [3.05, 3.63) is 40.4 Å². The molecule has 0 radical (unpaired) electrons. The van der Waals surface area contributed by atoms with E-state index in [1.54, 1.807) is 6.20 Å². The van der Waals surface area contributed by atoms with Crippen molar-refractivity contribution in [1.82, 2.24) is 0 Å². The minimum absolute atomic E-state index is 0. The quantitative estimate of drug-likeness (QED) is 0.631. The van der Waals surface area contributed by atoms with Crippen molar-refractivity contribution in [2.24, 2.45) is 17.2 Å². The number of hydrogen-bond donors (Lipinski definition) is 3. The third kappa shape index (κ3) is 12.7. The van der Waals surface area contributed by atoms with Crippen LogP contribution < -0.4 is 17.2 Å². The van der Waals surface area contributed by atoms with Crippen molar-refractivity contribution >= 4 is 0 Å². The van der Waals surface area contributed by atoms with Gasteiger partial charge in [-0.3, -0.25) is 0 Å². The van der Waals surface area contributed by atoms with Crippen LogP contribution in [0, 0.1) is 0 Å². The number of allylic oxidation sites excluding steroid dienone is 2. The summed E-state index contributed by atoms with van der Waals surface area (Å²) in [5.41, 5.74) is 16.1. The molecule has 3 rings (SSSR count). The van der Waals surface area contributed by atoms with Crippen molar-refractivity contribution in [3.63, 3.8) is 0 Å². The van der Waals surface area contributed by atoms with Gasteiger partial charge in [-0.25, -0.2) is 0 Å². The van der Waals surface area contributed by atoms with E-state index >= 15 is 0 Å². The predicted molar refractivity (Wildman–Crippen MR) is 104 cm³/mol. The normalized spacial score (nSPS) is 27.6. The number of piperidine rings is 2. The van der Waals surface area contributed by atoms with Crippen molar-refractivity contribution < 1.29 is 19.5 Å². The van der Waals surface area contributed by atoms with Gasteiger partial charge in [-0.1, -0.05) is 62.8 Å². The van der Waals surface area contributed by atoms with Gasteiger partial charge in [0.05, 0.1) is 0 Å². The number of nitrogens with zero attached hydrogens (tertiary/aromatic N) is 3. The molecular weight excluding hydrogens is 366 g/mol. The summed E-state index contributed by atoms with van der Waals surface area (Å²) in [4.78, 5) is 0. The first-order valence-corrected chi connectivity index (χ1v) is 9.26. The average Bonchev–Trinajstić information content (AvgIpc) is 2.71. The maximum atomic E-state index is 5.41. The molecule has 2 saturated heterocycles. The molecule has 0 amide bonds. The minimum atomic E-state index is 0. The SMILES string of the molecule is NCC1C=CC=C[N-]1.NCC1CCCC[N-]1.NCC1CCCC[N-]1.[Zn+2]. The predicted octanol–water partition coefficient (Wildman–Crippen LogP) is 2.51. The van der Waals surface area contributed by atoms with Crippen molar-refractivity contribution in [2.45, 2.75) is 56.7 Å². The molecule has 2 fully saturated rings. The Morgan fingerprint density at radius 2 is 1.32 bits per heavy atom. The van der Waals surface area contributed by atoms with Crippen LogP contribution >= 0.6 is 0 Å². The summed E-state index contributed by atoms with van der Waals surface area (Å²) in [5, 5.41) is 12.7. The molecule has 0 aromatic heterocycles. The fourth-order valence-electron chi connectivity index (χ4n) is 2.69. The summed E-state index contributed by atoms with van der Waals surface area (Å²) in [5.74, 6) is 0. The molecule has 3 aliphatic heterocycles. The van der Waals surface area contributed by atoms with E-state index in [-0.39, 0.29) is 25.5 Å². The van der Waals surface area contributed by atoms with Gasteiger partial charge in [-0.05, 0) is 19.6 Å². The molecule has 3 atom stereocenters. The van der Waals surface area contributed by atoms with E-state index in [9.17, 15) is 0 Å². The monoisotopic (exact) mass is 399 g/mol. The van der Waals surface area contributed by atoms with Gasteiger partial charge in [0.2, 0.25) is 0 Å².